The van der Waals surface area contributed by atoms with Crippen molar-refractivity contribution in [2.24, 2.45) is 0 Å². The fourth-order valence-corrected chi connectivity index (χ4v) is 67.9. The van der Waals surface area contributed by atoms with Crippen molar-refractivity contribution in [3.05, 3.63) is 104 Å². The van der Waals surface area contributed by atoms with Crippen LogP contribution in [0.2, 0.25) is 0 Å². The van der Waals surface area contributed by atoms with Crippen molar-refractivity contribution in [1.29, 1.82) is 0 Å². The SMILES string of the molecule is C=c1ccc2c(c1[As]1SCCS1)Oc1c(ccc(O)c1[As]1SCCS1)C=2c1cc(-c2c3ccc(=O)c([As]4SCCS4)c-3oc3c([As]4SCCS4)c(O)ccc23)c(C(=O)O)cc1C(=O)O. The Morgan fingerprint density at radius 2 is 1.09 bits per heavy atom. The van der Waals surface area contributed by atoms with Crippen LogP contribution in [0.1, 0.15) is 31.8 Å². The molecule has 4 aromatic rings. The van der Waals surface area contributed by atoms with Crippen molar-refractivity contribution >= 4 is 182 Å². The molecule has 0 aromatic heterocycles. The van der Waals surface area contributed by atoms with E-state index in [-0.39, 0.29) is 33.6 Å². The summed E-state index contributed by atoms with van der Waals surface area (Å²) < 4.78 is 17.3. The number of hydrogen-bond donors (Lipinski definition) is 4. The number of phenols is 2. The van der Waals surface area contributed by atoms with E-state index < -0.39 is 61.3 Å². The van der Waals surface area contributed by atoms with Crippen LogP contribution in [0, 0.1) is 0 Å². The maximum atomic E-state index is 14.0. The van der Waals surface area contributed by atoms with Crippen molar-refractivity contribution in [3.8, 4) is 45.4 Å². The third-order valence-electron chi connectivity index (χ3n) is 10.9. The molecule has 7 aliphatic rings. The van der Waals surface area contributed by atoms with Crippen molar-refractivity contribution < 1.29 is 39.2 Å². The first-order valence-corrected chi connectivity index (χ1v) is 49.3. The van der Waals surface area contributed by atoms with Gasteiger partial charge in [-0.05, 0) is 0 Å². The molecule has 0 atom stereocenters. The summed E-state index contributed by atoms with van der Waals surface area (Å²) in [5.74, 6) is 6.88. The number of ether oxygens (including phenoxy) is 1. The number of aromatic hydroxyl groups is 2. The first-order valence-electron chi connectivity index (χ1n) is 19.6. The Balaban J connectivity index is 1.28. The van der Waals surface area contributed by atoms with Crippen LogP contribution in [0.3, 0.4) is 0 Å². The number of fused-ring (bicyclic) bond motifs is 4. The zero-order valence-corrected chi connectivity index (χ0v) is 47.1. The van der Waals surface area contributed by atoms with Crippen LogP contribution in [-0.4, -0.2) is 128 Å². The molecule has 6 aliphatic heterocycles. The molecule has 9 nitrogen and oxygen atoms in total. The van der Waals surface area contributed by atoms with Gasteiger partial charge in [0.2, 0.25) is 0 Å². The summed E-state index contributed by atoms with van der Waals surface area (Å²) in [5.41, 5.74) is 2.76. The molecule has 4 aromatic carbocycles. The van der Waals surface area contributed by atoms with Gasteiger partial charge in [-0.2, -0.15) is 0 Å². The van der Waals surface area contributed by atoms with E-state index in [0.717, 1.165) is 64.3 Å². The Labute approximate surface area is 411 Å². The average molecular weight is 1250 g/mol. The van der Waals surface area contributed by atoms with Gasteiger partial charge in [0, 0.05) is 0 Å². The molecule has 6 heterocycles. The van der Waals surface area contributed by atoms with Crippen molar-refractivity contribution in [2.75, 3.05) is 46.0 Å². The normalized spacial score (nSPS) is 18.3. The van der Waals surface area contributed by atoms with Crippen LogP contribution in [-0.2, 0) is 0 Å². The number of carboxylic acids is 2. The second-order valence-corrected chi connectivity index (χ2v) is 60.9. The fourth-order valence-electron chi connectivity index (χ4n) is 8.28. The van der Waals surface area contributed by atoms with Gasteiger partial charge in [-0.3, -0.25) is 0 Å². The number of carboxylic acid groups (broad SMARTS) is 2. The van der Waals surface area contributed by atoms with Crippen LogP contribution in [0.15, 0.2) is 69.9 Å². The van der Waals surface area contributed by atoms with E-state index in [1.54, 1.807) is 42.5 Å². The molecule has 4 fully saturated rings. The zero-order valence-electron chi connectivity index (χ0n) is 33.0. The molecule has 326 valence electrons. The summed E-state index contributed by atoms with van der Waals surface area (Å²) in [6.07, 6.45) is 0. The molecule has 0 radical (unpaired) electrons. The van der Waals surface area contributed by atoms with Gasteiger partial charge in [-0.15, -0.1) is 0 Å². The third kappa shape index (κ3) is 7.78. The second-order valence-electron chi connectivity index (χ2n) is 14.6. The molecule has 0 saturated carbocycles. The molecular formula is C43H32As4O9S8. The minimum absolute atomic E-state index is 0.112. The van der Waals surface area contributed by atoms with E-state index >= 15 is 0 Å². The summed E-state index contributed by atoms with van der Waals surface area (Å²) in [7, 11) is 14.9. The van der Waals surface area contributed by atoms with E-state index in [1.807, 2.05) is 92.3 Å². The number of benzene rings is 5. The fraction of sp³-hybridized carbons (Fsp3) is 0.186. The number of hydrogen-bond acceptors (Lipinski definition) is 15. The molecule has 4 N–H and O–H groups in total. The van der Waals surface area contributed by atoms with Crippen LogP contribution >= 0.6 is 80.2 Å². The predicted molar refractivity (Wildman–Crippen MR) is 282 cm³/mol. The van der Waals surface area contributed by atoms with Gasteiger partial charge in [0.25, 0.3) is 0 Å². The topological polar surface area (TPSA) is 154 Å². The van der Waals surface area contributed by atoms with Crippen LogP contribution in [0.25, 0.3) is 45.6 Å². The van der Waals surface area contributed by atoms with Gasteiger partial charge in [0.15, 0.2) is 0 Å². The molecule has 0 spiro atoms. The molecule has 1 aliphatic carbocycles. The van der Waals surface area contributed by atoms with Gasteiger partial charge in [0.1, 0.15) is 0 Å². The van der Waals surface area contributed by atoms with Crippen molar-refractivity contribution in [3.63, 3.8) is 0 Å². The Hall–Kier alpha value is -1.32. The van der Waals surface area contributed by atoms with E-state index in [9.17, 15) is 34.8 Å². The molecule has 0 unspecified atom stereocenters. The molecule has 21 heteroatoms. The first kappa shape index (κ1) is 45.1. The first-order chi connectivity index (χ1) is 31.1. The van der Waals surface area contributed by atoms with E-state index in [4.69, 9.17) is 9.15 Å². The van der Waals surface area contributed by atoms with Gasteiger partial charge in [0.05, 0.1) is 0 Å². The predicted octanol–water partition coefficient (Wildman–Crippen LogP) is 5.84. The van der Waals surface area contributed by atoms with E-state index in [1.165, 1.54) is 6.07 Å². The van der Waals surface area contributed by atoms with E-state index in [2.05, 4.69) is 6.58 Å². The quantitative estimate of drug-likeness (QED) is 0.106. The number of carbonyl (C=O) groups is 2. The number of aromatic carboxylic acids is 2. The Morgan fingerprint density at radius 1 is 0.562 bits per heavy atom. The summed E-state index contributed by atoms with van der Waals surface area (Å²) in [6, 6.07) is 17.1. The van der Waals surface area contributed by atoms with Crippen LogP contribution in [0.5, 0.6) is 23.0 Å². The van der Waals surface area contributed by atoms with Crippen molar-refractivity contribution in [2.45, 2.75) is 0 Å². The van der Waals surface area contributed by atoms with Gasteiger partial charge in [-0.1, -0.05) is 0 Å². The number of phenolic OH excluding ortho intramolecular Hbond substituents is 2. The summed E-state index contributed by atoms with van der Waals surface area (Å²) in [4.78, 5) is 41.4. The summed E-state index contributed by atoms with van der Waals surface area (Å²) in [6.45, 7) is 4.48. The summed E-state index contributed by atoms with van der Waals surface area (Å²) >= 11 is -7.78. The van der Waals surface area contributed by atoms with Gasteiger partial charge >= 0.3 is 416 Å². The van der Waals surface area contributed by atoms with Gasteiger partial charge < -0.3 is 0 Å². The minimum atomic E-state index is -2.04. The maximum absolute atomic E-state index is 14.0. The molecule has 64 heavy (non-hydrogen) atoms. The van der Waals surface area contributed by atoms with Crippen LogP contribution < -0.4 is 38.0 Å². The number of rotatable bonds is 8. The Kier molecular flexibility index (Phi) is 13.1. The molecule has 4 saturated heterocycles. The monoisotopic (exact) mass is 1250 g/mol. The third-order valence-corrected chi connectivity index (χ3v) is 65.4. The Morgan fingerprint density at radius 3 is 1.72 bits per heavy atom. The van der Waals surface area contributed by atoms with Gasteiger partial charge in [-0.25, -0.2) is 0 Å². The second kappa shape index (κ2) is 18.5. The van der Waals surface area contributed by atoms with Crippen LogP contribution in [0.4, 0.5) is 0 Å². The molecule has 0 amide bonds. The standard InChI is InChI=1S/C43H32As4O9S8/c1-20-2-3-21-32(22-4-7-29(48)35(45-59-12-13-60-45)39(22)55-38(21)34(20)44-57-10-11-58-44)25-18-26(28(43(53)54)19-27(25)42(51)52)33-23-5-8-30(49)36(46-61-14-15-62-46)40(23)56-41-24(33)6-9-31(50)37(41)47-63-16-17-64-47/h2-9,18-19,48-49H,1,10-17H2,(H,51,52)(H,53,54). The molecular weight excluding hydrogens is 1220 g/mol. The Bertz CT molecular complexity index is 3130. The molecule has 0 bridgehead atoms. The molecule has 11 rings (SSSR count). The van der Waals surface area contributed by atoms with Crippen molar-refractivity contribution in [1.82, 2.24) is 0 Å². The zero-order chi connectivity index (χ0) is 44.0. The average Bonchev–Trinajstić information content (AvgIpc) is 4.14. The summed E-state index contributed by atoms with van der Waals surface area (Å²) in [5, 5.41) is 47.7. The van der Waals surface area contributed by atoms with E-state index in [0.29, 0.717) is 65.6 Å².